The van der Waals surface area contributed by atoms with Gasteiger partial charge in [0, 0.05) is 44.7 Å². The van der Waals surface area contributed by atoms with Crippen molar-refractivity contribution in [2.75, 3.05) is 49.1 Å². The van der Waals surface area contributed by atoms with Crippen LogP contribution in [0.15, 0.2) is 66.7 Å². The highest BCUT2D eigenvalue weighted by atomic mass is 16.5. The lowest BCUT2D eigenvalue weighted by molar-refractivity contribution is -0.130. The van der Waals surface area contributed by atoms with Crippen molar-refractivity contribution in [3.05, 3.63) is 89.0 Å². The minimum atomic E-state index is 0.155. The number of nitrogens with zero attached hydrogens (tertiary/aromatic N) is 5. The SMILES string of the molecule is Cc1cc2nc(N3CCN(C(=O)Cc4ccc(OCc5ccccc5)cc4)CC3)nc(N3CCCCC3)c2cc1C. The molecular formula is C34H39N5O2. The zero-order chi connectivity index (χ0) is 28.2. The first kappa shape index (κ1) is 27.1. The third-order valence-corrected chi connectivity index (χ3v) is 8.38. The fourth-order valence-electron chi connectivity index (χ4n) is 5.74. The first-order chi connectivity index (χ1) is 20.0. The summed E-state index contributed by atoms with van der Waals surface area (Å²) < 4.78 is 5.89. The highest BCUT2D eigenvalue weighted by molar-refractivity contribution is 5.92. The summed E-state index contributed by atoms with van der Waals surface area (Å²) in [4.78, 5) is 29.9. The van der Waals surface area contributed by atoms with Gasteiger partial charge in [-0.3, -0.25) is 4.79 Å². The molecule has 0 spiro atoms. The van der Waals surface area contributed by atoms with E-state index in [1.807, 2.05) is 59.5 Å². The number of benzene rings is 3. The summed E-state index contributed by atoms with van der Waals surface area (Å²) in [5.74, 6) is 2.80. The molecule has 0 unspecified atom stereocenters. The third kappa shape index (κ3) is 6.29. The second-order valence-corrected chi connectivity index (χ2v) is 11.3. The van der Waals surface area contributed by atoms with Crippen LogP contribution >= 0.6 is 0 Å². The zero-order valence-electron chi connectivity index (χ0n) is 24.2. The van der Waals surface area contributed by atoms with Gasteiger partial charge in [-0.15, -0.1) is 0 Å². The maximum atomic E-state index is 13.1. The van der Waals surface area contributed by atoms with E-state index in [0.29, 0.717) is 26.1 Å². The molecule has 0 atom stereocenters. The summed E-state index contributed by atoms with van der Waals surface area (Å²) >= 11 is 0. The molecule has 0 N–H and O–H groups in total. The first-order valence-electron chi connectivity index (χ1n) is 14.9. The summed E-state index contributed by atoms with van der Waals surface area (Å²) in [7, 11) is 0. The number of hydrogen-bond donors (Lipinski definition) is 0. The highest BCUT2D eigenvalue weighted by Crippen LogP contribution is 2.31. The van der Waals surface area contributed by atoms with Crippen molar-refractivity contribution >= 4 is 28.6 Å². The van der Waals surface area contributed by atoms with Crippen molar-refractivity contribution in [3.8, 4) is 5.75 Å². The van der Waals surface area contributed by atoms with Crippen LogP contribution in [-0.2, 0) is 17.8 Å². The molecule has 7 nitrogen and oxygen atoms in total. The average Bonchev–Trinajstić information content (AvgIpc) is 3.02. The highest BCUT2D eigenvalue weighted by Gasteiger charge is 2.25. The number of amides is 1. The molecule has 1 aromatic heterocycles. The minimum absolute atomic E-state index is 0.155. The van der Waals surface area contributed by atoms with E-state index in [-0.39, 0.29) is 5.91 Å². The number of aryl methyl sites for hydroxylation is 2. The van der Waals surface area contributed by atoms with E-state index in [0.717, 1.165) is 65.7 Å². The molecule has 2 fully saturated rings. The van der Waals surface area contributed by atoms with Crippen molar-refractivity contribution in [3.63, 3.8) is 0 Å². The molecule has 6 rings (SSSR count). The monoisotopic (exact) mass is 549 g/mol. The van der Waals surface area contributed by atoms with Crippen LogP contribution in [0.2, 0.25) is 0 Å². The fourth-order valence-corrected chi connectivity index (χ4v) is 5.74. The van der Waals surface area contributed by atoms with Crippen molar-refractivity contribution in [2.45, 2.75) is 46.1 Å². The molecule has 0 saturated carbocycles. The zero-order valence-corrected chi connectivity index (χ0v) is 24.2. The Labute approximate surface area is 242 Å². The summed E-state index contributed by atoms with van der Waals surface area (Å²) in [6.07, 6.45) is 4.08. The second kappa shape index (κ2) is 12.2. The van der Waals surface area contributed by atoms with Crippen LogP contribution in [0, 0.1) is 13.8 Å². The molecular weight excluding hydrogens is 510 g/mol. The number of carbonyl (C=O) groups excluding carboxylic acids is 1. The van der Waals surface area contributed by atoms with E-state index in [1.54, 1.807) is 0 Å². The number of piperazine rings is 1. The Kier molecular flexibility index (Phi) is 8.03. The number of aromatic nitrogens is 2. The molecule has 1 amide bonds. The fraction of sp³-hybridized carbons (Fsp3) is 0.382. The lowest BCUT2D eigenvalue weighted by Crippen LogP contribution is -2.49. The van der Waals surface area contributed by atoms with Gasteiger partial charge in [-0.05, 0) is 79.6 Å². The van der Waals surface area contributed by atoms with Gasteiger partial charge >= 0.3 is 0 Å². The second-order valence-electron chi connectivity index (χ2n) is 11.3. The Morgan fingerprint density at radius 1 is 0.756 bits per heavy atom. The first-order valence-corrected chi connectivity index (χ1v) is 14.9. The number of anilines is 2. The Balaban J connectivity index is 1.09. The lowest BCUT2D eigenvalue weighted by Gasteiger charge is -2.36. The maximum Gasteiger partial charge on any atom is 0.228 e. The maximum absolute atomic E-state index is 13.1. The molecule has 2 aliphatic heterocycles. The predicted molar refractivity (Wildman–Crippen MR) is 165 cm³/mol. The van der Waals surface area contributed by atoms with Gasteiger partial charge in [0.2, 0.25) is 11.9 Å². The standard InChI is InChI=1S/C34H39N5O2/c1-25-21-30-31(22-26(25)2)35-34(36-33(30)38-15-7-4-8-16-38)39-19-17-37(18-20-39)32(40)23-27-11-13-29(14-12-27)41-24-28-9-5-3-6-10-28/h3,5-6,9-14,21-22H,4,7-8,15-20,23-24H2,1-2H3. The van der Waals surface area contributed by atoms with Crippen molar-refractivity contribution in [2.24, 2.45) is 0 Å². The third-order valence-electron chi connectivity index (χ3n) is 8.38. The topological polar surface area (TPSA) is 61.8 Å². The van der Waals surface area contributed by atoms with Crippen molar-refractivity contribution in [1.29, 1.82) is 0 Å². The number of rotatable bonds is 7. The summed E-state index contributed by atoms with van der Waals surface area (Å²) in [5.41, 5.74) is 5.66. The van der Waals surface area contributed by atoms with Gasteiger partial charge in [-0.1, -0.05) is 42.5 Å². The molecule has 212 valence electrons. The Bertz CT molecular complexity index is 1490. The van der Waals surface area contributed by atoms with E-state index in [4.69, 9.17) is 14.7 Å². The van der Waals surface area contributed by atoms with Gasteiger partial charge in [-0.2, -0.15) is 4.98 Å². The predicted octanol–water partition coefficient (Wildman–Crippen LogP) is 5.71. The molecule has 2 saturated heterocycles. The van der Waals surface area contributed by atoms with Crippen LogP contribution in [-0.4, -0.2) is 60.0 Å². The van der Waals surface area contributed by atoms with Gasteiger partial charge in [0.1, 0.15) is 18.2 Å². The van der Waals surface area contributed by atoms with Crippen molar-refractivity contribution in [1.82, 2.24) is 14.9 Å². The molecule has 0 bridgehead atoms. The number of ether oxygens (including phenoxy) is 1. The van der Waals surface area contributed by atoms with Crippen LogP contribution in [0.5, 0.6) is 5.75 Å². The average molecular weight is 550 g/mol. The van der Waals surface area contributed by atoms with Gasteiger partial charge in [-0.25, -0.2) is 4.98 Å². The summed E-state index contributed by atoms with van der Waals surface area (Å²) in [6.45, 7) is 9.72. The number of carbonyl (C=O) groups is 1. The summed E-state index contributed by atoms with van der Waals surface area (Å²) in [6, 6.07) is 22.4. The smallest absolute Gasteiger partial charge is 0.228 e. The van der Waals surface area contributed by atoms with Crippen LogP contribution in [0.1, 0.15) is 41.5 Å². The Hall–Kier alpha value is -4.13. The molecule has 3 heterocycles. The molecule has 0 radical (unpaired) electrons. The normalized spacial score (nSPS) is 15.8. The van der Waals surface area contributed by atoms with Crippen LogP contribution in [0.25, 0.3) is 10.9 Å². The molecule has 41 heavy (non-hydrogen) atoms. The van der Waals surface area contributed by atoms with Gasteiger partial charge < -0.3 is 19.4 Å². The molecule has 4 aromatic rings. The Morgan fingerprint density at radius 3 is 2.20 bits per heavy atom. The summed E-state index contributed by atoms with van der Waals surface area (Å²) in [5, 5.41) is 1.14. The quantitative estimate of drug-likeness (QED) is 0.294. The van der Waals surface area contributed by atoms with E-state index in [1.165, 1.54) is 30.4 Å². The van der Waals surface area contributed by atoms with Gasteiger partial charge in [0.25, 0.3) is 0 Å². The molecule has 2 aliphatic rings. The van der Waals surface area contributed by atoms with Crippen LogP contribution in [0.3, 0.4) is 0 Å². The van der Waals surface area contributed by atoms with E-state index >= 15 is 0 Å². The van der Waals surface area contributed by atoms with E-state index < -0.39 is 0 Å². The van der Waals surface area contributed by atoms with Crippen LogP contribution in [0.4, 0.5) is 11.8 Å². The van der Waals surface area contributed by atoms with Crippen LogP contribution < -0.4 is 14.5 Å². The number of piperidine rings is 1. The minimum Gasteiger partial charge on any atom is -0.489 e. The van der Waals surface area contributed by atoms with E-state index in [9.17, 15) is 4.79 Å². The van der Waals surface area contributed by atoms with Gasteiger partial charge in [0.15, 0.2) is 0 Å². The molecule has 0 aliphatic carbocycles. The van der Waals surface area contributed by atoms with Crippen molar-refractivity contribution < 1.29 is 9.53 Å². The van der Waals surface area contributed by atoms with Gasteiger partial charge in [0.05, 0.1) is 11.9 Å². The molecule has 7 heteroatoms. The molecule has 3 aromatic carbocycles. The lowest BCUT2D eigenvalue weighted by atomic mass is 10.1. The number of hydrogen-bond acceptors (Lipinski definition) is 6. The number of fused-ring (bicyclic) bond motifs is 1. The van der Waals surface area contributed by atoms with E-state index in [2.05, 4.69) is 35.8 Å². The largest absolute Gasteiger partial charge is 0.489 e. The Morgan fingerprint density at radius 2 is 1.46 bits per heavy atom.